The van der Waals surface area contributed by atoms with Gasteiger partial charge in [0.1, 0.15) is 5.75 Å². The van der Waals surface area contributed by atoms with Gasteiger partial charge in [0.25, 0.3) is 0 Å². The number of likely N-dealkylation sites (tertiary alicyclic amines) is 1. The molecule has 0 saturated carbocycles. The van der Waals surface area contributed by atoms with Crippen LogP contribution in [0.4, 0.5) is 0 Å². The van der Waals surface area contributed by atoms with Crippen molar-refractivity contribution in [2.75, 3.05) is 34.3 Å². The van der Waals surface area contributed by atoms with E-state index in [-0.39, 0.29) is 0 Å². The van der Waals surface area contributed by atoms with E-state index in [1.54, 1.807) is 19.2 Å². The Hall–Kier alpha value is -1.08. The lowest BCUT2D eigenvalue weighted by Gasteiger charge is -2.23. The summed E-state index contributed by atoms with van der Waals surface area (Å²) in [4.78, 5) is 4.62. The predicted molar refractivity (Wildman–Crippen MR) is 84.7 cm³/mol. The van der Waals surface area contributed by atoms with Gasteiger partial charge >= 0.3 is 7.12 Å². The summed E-state index contributed by atoms with van der Waals surface area (Å²) in [5.41, 5.74) is 1.47. The molecule has 6 heteroatoms. The van der Waals surface area contributed by atoms with Crippen LogP contribution in [0.3, 0.4) is 0 Å². The van der Waals surface area contributed by atoms with Crippen LogP contribution in [0, 0.1) is 5.92 Å². The zero-order valence-electron chi connectivity index (χ0n) is 13.3. The van der Waals surface area contributed by atoms with Gasteiger partial charge in [-0.1, -0.05) is 13.0 Å². The first-order chi connectivity index (χ1) is 9.92. The zero-order valence-corrected chi connectivity index (χ0v) is 13.3. The Kier molecular flexibility index (Phi) is 5.27. The number of hydrogen-bond donors (Lipinski definition) is 2. The molecule has 0 amide bonds. The molecule has 1 fully saturated rings. The minimum absolute atomic E-state index is 0.540. The first-order valence-corrected chi connectivity index (χ1v) is 7.34. The molecule has 5 nitrogen and oxygen atoms in total. The lowest BCUT2D eigenvalue weighted by atomic mass is 9.77. The summed E-state index contributed by atoms with van der Waals surface area (Å²) in [5, 5.41) is 19.0. The molecule has 116 valence electrons. The first kappa shape index (κ1) is 16.3. The van der Waals surface area contributed by atoms with E-state index in [9.17, 15) is 10.0 Å². The molecular weight excluding hydrogens is 267 g/mol. The molecule has 1 aromatic carbocycles. The lowest BCUT2D eigenvalue weighted by molar-refractivity contribution is 0.250. The van der Waals surface area contributed by atoms with Crippen molar-refractivity contribution >= 4 is 12.6 Å². The van der Waals surface area contributed by atoms with E-state index in [1.807, 2.05) is 6.07 Å². The molecule has 1 heterocycles. The van der Waals surface area contributed by atoms with E-state index in [0.717, 1.165) is 24.4 Å². The van der Waals surface area contributed by atoms with Crippen LogP contribution in [0.5, 0.6) is 5.75 Å². The number of likely N-dealkylation sites (N-methyl/N-ethyl adjacent to an activating group) is 1. The first-order valence-electron chi connectivity index (χ1n) is 7.34. The van der Waals surface area contributed by atoms with Crippen LogP contribution in [0.25, 0.3) is 0 Å². The molecule has 0 aromatic heterocycles. The summed E-state index contributed by atoms with van der Waals surface area (Å²) >= 11 is 0. The monoisotopic (exact) mass is 292 g/mol. The largest absolute Gasteiger partial charge is 0.497 e. The fourth-order valence-corrected chi connectivity index (χ4v) is 3.19. The highest BCUT2D eigenvalue weighted by atomic mass is 16.5. The second-order valence-electron chi connectivity index (χ2n) is 6.14. The van der Waals surface area contributed by atoms with E-state index < -0.39 is 7.12 Å². The Bertz CT molecular complexity index is 482. The maximum absolute atomic E-state index is 9.52. The van der Waals surface area contributed by atoms with Crippen LogP contribution in [-0.2, 0) is 6.54 Å². The average molecular weight is 292 g/mol. The summed E-state index contributed by atoms with van der Waals surface area (Å²) in [6, 6.07) is 5.91. The quantitative estimate of drug-likeness (QED) is 0.734. The van der Waals surface area contributed by atoms with E-state index in [4.69, 9.17) is 4.74 Å². The second-order valence-corrected chi connectivity index (χ2v) is 6.14. The minimum atomic E-state index is -1.45. The fourth-order valence-electron chi connectivity index (χ4n) is 3.19. The van der Waals surface area contributed by atoms with Crippen LogP contribution in [0.2, 0.25) is 0 Å². The maximum Gasteiger partial charge on any atom is 0.488 e. The van der Waals surface area contributed by atoms with Gasteiger partial charge in [-0.25, -0.2) is 0 Å². The Balaban J connectivity index is 2.15. The molecule has 1 aliphatic heterocycles. The summed E-state index contributed by atoms with van der Waals surface area (Å²) in [7, 11) is 4.39. The van der Waals surface area contributed by atoms with Crippen molar-refractivity contribution in [1.29, 1.82) is 0 Å². The number of nitrogens with zero attached hydrogens (tertiary/aromatic N) is 2. The van der Waals surface area contributed by atoms with Gasteiger partial charge in [0.05, 0.1) is 7.11 Å². The van der Waals surface area contributed by atoms with Crippen LogP contribution in [-0.4, -0.2) is 67.3 Å². The number of ether oxygens (including phenoxy) is 1. The van der Waals surface area contributed by atoms with Crippen LogP contribution >= 0.6 is 0 Å². The van der Waals surface area contributed by atoms with Crippen LogP contribution in [0.1, 0.15) is 12.5 Å². The molecule has 2 atom stereocenters. The van der Waals surface area contributed by atoms with E-state index >= 15 is 0 Å². The molecule has 2 rings (SSSR count). The van der Waals surface area contributed by atoms with Gasteiger partial charge in [0.15, 0.2) is 0 Å². The molecule has 2 unspecified atom stereocenters. The highest BCUT2D eigenvalue weighted by molar-refractivity contribution is 6.59. The standard InChI is InChI=1S/C15H25BN2O3/c1-11-8-18(10-15(11)17(2)3)9-12-7-13(21-4)5-6-14(12)16(19)20/h5-7,11,15,19-20H,8-10H2,1-4H3. The van der Waals surface area contributed by atoms with Gasteiger partial charge in [0.2, 0.25) is 0 Å². The molecule has 21 heavy (non-hydrogen) atoms. The predicted octanol–water partition coefficient (Wildman–Crippen LogP) is -0.243. The van der Waals surface area contributed by atoms with Gasteiger partial charge < -0.3 is 19.7 Å². The summed E-state index contributed by atoms with van der Waals surface area (Å²) in [6.45, 7) is 4.98. The molecule has 0 spiro atoms. The van der Waals surface area contributed by atoms with Crippen molar-refractivity contribution in [2.24, 2.45) is 5.92 Å². The summed E-state index contributed by atoms with van der Waals surface area (Å²) in [5.74, 6) is 1.35. The van der Waals surface area contributed by atoms with Crippen molar-refractivity contribution in [3.05, 3.63) is 23.8 Å². The smallest absolute Gasteiger partial charge is 0.488 e. The molecule has 1 aromatic rings. The van der Waals surface area contributed by atoms with Gasteiger partial charge in [-0.05, 0) is 43.2 Å². The molecule has 0 radical (unpaired) electrons. The van der Waals surface area contributed by atoms with E-state index in [1.165, 1.54) is 0 Å². The molecule has 2 N–H and O–H groups in total. The second kappa shape index (κ2) is 6.79. The van der Waals surface area contributed by atoms with Crippen LogP contribution in [0.15, 0.2) is 18.2 Å². The van der Waals surface area contributed by atoms with Crippen molar-refractivity contribution in [1.82, 2.24) is 9.80 Å². The van der Waals surface area contributed by atoms with Gasteiger partial charge in [-0.2, -0.15) is 0 Å². The Morgan fingerprint density at radius 1 is 1.33 bits per heavy atom. The topological polar surface area (TPSA) is 56.2 Å². The van der Waals surface area contributed by atoms with Crippen molar-refractivity contribution in [3.63, 3.8) is 0 Å². The van der Waals surface area contributed by atoms with E-state index in [2.05, 4.69) is 30.8 Å². The summed E-state index contributed by atoms with van der Waals surface area (Å²) < 4.78 is 5.24. The zero-order chi connectivity index (χ0) is 15.6. The lowest BCUT2D eigenvalue weighted by Crippen LogP contribution is -2.36. The minimum Gasteiger partial charge on any atom is -0.497 e. The number of rotatable bonds is 5. The molecule has 0 aliphatic carbocycles. The Morgan fingerprint density at radius 3 is 2.57 bits per heavy atom. The number of benzene rings is 1. The summed E-state index contributed by atoms with van der Waals surface area (Å²) in [6.07, 6.45) is 0. The molecular formula is C15H25BN2O3. The van der Waals surface area contributed by atoms with Gasteiger partial charge in [-0.3, -0.25) is 4.90 Å². The molecule has 1 aliphatic rings. The van der Waals surface area contributed by atoms with Crippen molar-refractivity contribution in [2.45, 2.75) is 19.5 Å². The highest BCUT2D eigenvalue weighted by Gasteiger charge is 2.31. The SMILES string of the molecule is COc1ccc(B(O)O)c(CN2CC(C)C(N(C)C)C2)c1. The van der Waals surface area contributed by atoms with Gasteiger partial charge in [0, 0.05) is 25.7 Å². The van der Waals surface area contributed by atoms with Crippen molar-refractivity contribution < 1.29 is 14.8 Å². The number of hydrogen-bond acceptors (Lipinski definition) is 5. The molecule has 0 bridgehead atoms. The van der Waals surface area contributed by atoms with Crippen molar-refractivity contribution in [3.8, 4) is 5.75 Å². The van der Waals surface area contributed by atoms with Crippen LogP contribution < -0.4 is 10.2 Å². The highest BCUT2D eigenvalue weighted by Crippen LogP contribution is 2.22. The Morgan fingerprint density at radius 2 is 2.05 bits per heavy atom. The normalized spacial score (nSPS) is 22.8. The van der Waals surface area contributed by atoms with Gasteiger partial charge in [-0.15, -0.1) is 0 Å². The molecule has 1 saturated heterocycles. The maximum atomic E-state index is 9.52. The Labute approximate surface area is 127 Å². The third-order valence-electron chi connectivity index (χ3n) is 4.33. The third kappa shape index (κ3) is 3.77. The fraction of sp³-hybridized carbons (Fsp3) is 0.600. The average Bonchev–Trinajstić information content (AvgIpc) is 2.79. The third-order valence-corrected chi connectivity index (χ3v) is 4.33. The van der Waals surface area contributed by atoms with E-state index in [0.29, 0.717) is 24.0 Å². The number of methoxy groups -OCH3 is 1.